The van der Waals surface area contributed by atoms with Gasteiger partial charge in [0.05, 0.1) is 11.4 Å². The van der Waals surface area contributed by atoms with Crippen LogP contribution in [0.2, 0.25) is 0 Å². The van der Waals surface area contributed by atoms with E-state index in [0.717, 1.165) is 16.3 Å². The molecule has 0 aliphatic carbocycles. The van der Waals surface area contributed by atoms with E-state index in [2.05, 4.69) is 15.6 Å². The van der Waals surface area contributed by atoms with Gasteiger partial charge in [-0.05, 0) is 23.8 Å². The van der Waals surface area contributed by atoms with E-state index >= 15 is 0 Å². The maximum absolute atomic E-state index is 12.9. The average Bonchev–Trinajstić information content (AvgIpc) is 3.11. The van der Waals surface area contributed by atoms with Gasteiger partial charge >= 0.3 is 0 Å². The zero-order valence-electron chi connectivity index (χ0n) is 14.7. The van der Waals surface area contributed by atoms with Crippen molar-refractivity contribution in [1.82, 2.24) is 14.9 Å². The van der Waals surface area contributed by atoms with E-state index in [1.54, 1.807) is 18.3 Å². The number of nitrogens with zero attached hydrogens (tertiary/aromatic N) is 2. The Morgan fingerprint density at radius 3 is 2.81 bits per heavy atom. The van der Waals surface area contributed by atoms with E-state index in [0.29, 0.717) is 17.0 Å². The molecule has 1 aliphatic heterocycles. The topological polar surface area (TPSA) is 76.0 Å². The molecule has 7 heteroatoms. The number of hydrogen-bond acceptors (Lipinski definition) is 4. The summed E-state index contributed by atoms with van der Waals surface area (Å²) in [6.07, 6.45) is 3.56. The highest BCUT2D eigenvalue weighted by atomic mass is 32.2. The maximum atomic E-state index is 12.9. The van der Waals surface area contributed by atoms with Gasteiger partial charge in [-0.1, -0.05) is 30.3 Å². The number of rotatable bonds is 4. The quantitative estimate of drug-likeness (QED) is 0.732. The van der Waals surface area contributed by atoms with E-state index in [-0.39, 0.29) is 17.9 Å². The highest BCUT2D eigenvalue weighted by Crippen LogP contribution is 2.32. The normalized spacial score (nSPS) is 14.2. The van der Waals surface area contributed by atoms with Gasteiger partial charge in [0, 0.05) is 29.9 Å². The Kier molecular flexibility index (Phi) is 4.68. The molecule has 0 saturated carbocycles. The van der Waals surface area contributed by atoms with Crippen LogP contribution in [0, 0.1) is 0 Å². The van der Waals surface area contributed by atoms with E-state index in [4.69, 9.17) is 0 Å². The fourth-order valence-corrected chi connectivity index (χ4v) is 3.83. The molecule has 1 atom stereocenters. The molecule has 2 N–H and O–H groups in total. The minimum atomic E-state index is -0.376. The summed E-state index contributed by atoms with van der Waals surface area (Å²) < 4.78 is 1.89. The molecule has 27 heavy (non-hydrogen) atoms. The molecule has 1 aromatic heterocycles. The first kappa shape index (κ1) is 17.4. The monoisotopic (exact) mass is 378 g/mol. The number of hydrogen-bond donors (Lipinski definition) is 2. The van der Waals surface area contributed by atoms with Crippen molar-refractivity contribution in [2.75, 3.05) is 11.1 Å². The van der Waals surface area contributed by atoms with Crippen molar-refractivity contribution in [3.8, 4) is 0 Å². The maximum Gasteiger partial charge on any atom is 0.252 e. The number of fused-ring (bicyclic) bond motifs is 1. The summed E-state index contributed by atoms with van der Waals surface area (Å²) >= 11 is 1.47. The summed E-state index contributed by atoms with van der Waals surface area (Å²) in [6, 6.07) is 14.7. The molecule has 4 rings (SSSR count). The van der Waals surface area contributed by atoms with Crippen LogP contribution in [-0.4, -0.2) is 27.1 Å². The molecule has 0 bridgehead atoms. The van der Waals surface area contributed by atoms with E-state index < -0.39 is 0 Å². The second-order valence-corrected chi connectivity index (χ2v) is 7.28. The Hall–Kier alpha value is -3.06. The Morgan fingerprint density at radius 1 is 1.26 bits per heavy atom. The number of benzene rings is 2. The SMILES string of the molecule is Cn1ccnc1C(NC(=O)c1ccc2c(c1)NC(=O)CS2)c1ccccc1. The molecule has 0 fully saturated rings. The number of aromatic nitrogens is 2. The average molecular weight is 378 g/mol. The second-order valence-electron chi connectivity index (χ2n) is 6.26. The summed E-state index contributed by atoms with van der Waals surface area (Å²) in [7, 11) is 1.90. The molecule has 0 saturated heterocycles. The molecule has 1 unspecified atom stereocenters. The molecule has 6 nitrogen and oxygen atoms in total. The molecule has 2 heterocycles. The van der Waals surface area contributed by atoms with Gasteiger partial charge in [-0.15, -0.1) is 11.8 Å². The zero-order valence-corrected chi connectivity index (χ0v) is 15.5. The second kappa shape index (κ2) is 7.28. The smallest absolute Gasteiger partial charge is 0.252 e. The number of anilines is 1. The van der Waals surface area contributed by atoms with Gasteiger partial charge in [0.15, 0.2) is 0 Å². The number of aryl methyl sites for hydroxylation is 1. The fraction of sp³-hybridized carbons (Fsp3) is 0.150. The summed E-state index contributed by atoms with van der Waals surface area (Å²) in [6.45, 7) is 0. The third-order valence-electron chi connectivity index (χ3n) is 4.40. The van der Waals surface area contributed by atoms with E-state index in [9.17, 15) is 9.59 Å². The van der Waals surface area contributed by atoms with Gasteiger partial charge in [-0.3, -0.25) is 9.59 Å². The van der Waals surface area contributed by atoms with Crippen LogP contribution in [0.1, 0.15) is 27.8 Å². The van der Waals surface area contributed by atoms with Crippen molar-refractivity contribution in [3.63, 3.8) is 0 Å². The lowest BCUT2D eigenvalue weighted by Gasteiger charge is -2.20. The Labute approximate surface area is 161 Å². The first-order chi connectivity index (χ1) is 13.1. The third kappa shape index (κ3) is 3.59. The first-order valence-corrected chi connectivity index (χ1v) is 9.50. The van der Waals surface area contributed by atoms with Gasteiger partial charge in [-0.25, -0.2) is 4.98 Å². The molecular weight excluding hydrogens is 360 g/mol. The number of carbonyl (C=O) groups is 2. The lowest BCUT2D eigenvalue weighted by molar-refractivity contribution is -0.113. The van der Waals surface area contributed by atoms with Gasteiger partial charge in [-0.2, -0.15) is 0 Å². The van der Waals surface area contributed by atoms with Crippen molar-refractivity contribution < 1.29 is 9.59 Å². The predicted octanol–water partition coefficient (Wildman–Crippen LogP) is 2.98. The van der Waals surface area contributed by atoms with Crippen molar-refractivity contribution in [2.45, 2.75) is 10.9 Å². The number of imidazole rings is 1. The minimum absolute atomic E-state index is 0.0553. The molecule has 0 radical (unpaired) electrons. The summed E-state index contributed by atoms with van der Waals surface area (Å²) in [5.74, 6) is 0.865. The van der Waals surface area contributed by atoms with Crippen LogP contribution in [0.5, 0.6) is 0 Å². The Bertz CT molecular complexity index is 1000. The van der Waals surface area contributed by atoms with Crippen LogP contribution >= 0.6 is 11.8 Å². The van der Waals surface area contributed by atoms with Crippen molar-refractivity contribution in [1.29, 1.82) is 0 Å². The van der Waals surface area contributed by atoms with Gasteiger partial charge in [0.2, 0.25) is 5.91 Å². The summed E-state index contributed by atoms with van der Waals surface area (Å²) in [5.41, 5.74) is 2.12. The molecule has 3 aromatic rings. The molecule has 1 aliphatic rings. The van der Waals surface area contributed by atoms with E-state index in [1.807, 2.05) is 54.2 Å². The lowest BCUT2D eigenvalue weighted by Crippen LogP contribution is -2.31. The molecule has 2 aromatic carbocycles. The minimum Gasteiger partial charge on any atom is -0.338 e. The molecule has 2 amide bonds. The van der Waals surface area contributed by atoms with Crippen LogP contribution in [0.15, 0.2) is 65.8 Å². The summed E-state index contributed by atoms with van der Waals surface area (Å²) in [4.78, 5) is 29.9. The standard InChI is InChI=1S/C20H18N4O2S/c1-24-10-9-21-19(24)18(13-5-3-2-4-6-13)23-20(26)14-7-8-16-15(11-14)22-17(25)12-27-16/h2-11,18H,12H2,1H3,(H,22,25)(H,23,26). The van der Waals surface area contributed by atoms with Crippen molar-refractivity contribution in [2.24, 2.45) is 7.05 Å². The van der Waals surface area contributed by atoms with Crippen molar-refractivity contribution in [3.05, 3.63) is 77.9 Å². The van der Waals surface area contributed by atoms with Crippen LogP contribution < -0.4 is 10.6 Å². The highest BCUT2D eigenvalue weighted by Gasteiger charge is 2.23. The molecular formula is C20H18N4O2S. The number of carbonyl (C=O) groups excluding carboxylic acids is 2. The molecule has 136 valence electrons. The van der Waals surface area contributed by atoms with E-state index in [1.165, 1.54) is 11.8 Å². The van der Waals surface area contributed by atoms with Gasteiger partial charge < -0.3 is 15.2 Å². The molecule has 0 spiro atoms. The highest BCUT2D eigenvalue weighted by molar-refractivity contribution is 8.00. The number of nitrogens with one attached hydrogen (secondary N) is 2. The zero-order chi connectivity index (χ0) is 18.8. The Morgan fingerprint density at radius 2 is 2.07 bits per heavy atom. The third-order valence-corrected chi connectivity index (χ3v) is 5.47. The van der Waals surface area contributed by atoms with Crippen LogP contribution in [0.25, 0.3) is 0 Å². The number of thioether (sulfide) groups is 1. The number of amides is 2. The van der Waals surface area contributed by atoms with Crippen LogP contribution in [-0.2, 0) is 11.8 Å². The van der Waals surface area contributed by atoms with Gasteiger partial charge in [0.1, 0.15) is 11.9 Å². The first-order valence-electron chi connectivity index (χ1n) is 8.51. The Balaban J connectivity index is 1.64. The summed E-state index contributed by atoms with van der Waals surface area (Å²) in [5, 5.41) is 5.89. The fourth-order valence-electron chi connectivity index (χ4n) is 3.04. The van der Waals surface area contributed by atoms with Crippen LogP contribution in [0.3, 0.4) is 0 Å². The van der Waals surface area contributed by atoms with Crippen molar-refractivity contribution >= 4 is 29.3 Å². The van der Waals surface area contributed by atoms with Gasteiger partial charge in [0.25, 0.3) is 5.91 Å². The predicted molar refractivity (Wildman–Crippen MR) is 105 cm³/mol. The largest absolute Gasteiger partial charge is 0.338 e. The van der Waals surface area contributed by atoms with Crippen LogP contribution in [0.4, 0.5) is 5.69 Å². The lowest BCUT2D eigenvalue weighted by atomic mass is 10.1.